The molecule has 0 aromatic heterocycles. The lowest BCUT2D eigenvalue weighted by Crippen LogP contribution is -2.41. The molecule has 5 N–H and O–H groups in total. The molecule has 2 aromatic carbocycles. The third-order valence-corrected chi connectivity index (χ3v) is 6.64. The molecule has 0 bridgehead atoms. The Hall–Kier alpha value is -2.84. The SMILES string of the molecule is C=C(C)c1ccc(C)cc1-c1c(O)cc(CCCCC)c(S(=O)(=O)NC(=O)C(C)N)c1O. The maximum absolute atomic E-state index is 13.2. The standard InChI is InChI=1S/C24H32N2O5S/c1-6-7-8-9-17-13-20(27)21(19-12-15(4)10-11-18(19)14(2)3)22(28)23(17)32(30,31)26-24(29)16(5)25/h10-13,16,27-28H,2,6-9,25H2,1,3-5H3,(H,26,29). The highest BCUT2D eigenvalue weighted by Gasteiger charge is 2.30. The van der Waals surface area contributed by atoms with Crippen molar-refractivity contribution in [1.82, 2.24) is 4.72 Å². The topological polar surface area (TPSA) is 130 Å². The van der Waals surface area contributed by atoms with Gasteiger partial charge in [-0.15, -0.1) is 0 Å². The van der Waals surface area contributed by atoms with Gasteiger partial charge in [0.25, 0.3) is 10.0 Å². The van der Waals surface area contributed by atoms with Crippen molar-refractivity contribution >= 4 is 21.5 Å². The number of carbonyl (C=O) groups excluding carboxylic acids is 1. The number of phenols is 2. The molecular weight excluding hydrogens is 428 g/mol. The zero-order valence-electron chi connectivity index (χ0n) is 19.0. The fraction of sp³-hybridized carbons (Fsp3) is 0.375. The number of nitrogens with one attached hydrogen (secondary N) is 1. The molecule has 1 atom stereocenters. The molecular formula is C24H32N2O5S. The maximum atomic E-state index is 13.2. The summed E-state index contributed by atoms with van der Waals surface area (Å²) >= 11 is 0. The van der Waals surface area contributed by atoms with Crippen LogP contribution in [0.1, 0.15) is 56.7 Å². The van der Waals surface area contributed by atoms with Crippen molar-refractivity contribution in [3.05, 3.63) is 47.5 Å². The number of allylic oxidation sites excluding steroid dienone is 1. The van der Waals surface area contributed by atoms with Crippen molar-refractivity contribution in [3.63, 3.8) is 0 Å². The summed E-state index contributed by atoms with van der Waals surface area (Å²) in [7, 11) is -4.46. The molecule has 0 aliphatic rings. The van der Waals surface area contributed by atoms with Crippen LogP contribution < -0.4 is 10.5 Å². The van der Waals surface area contributed by atoms with Gasteiger partial charge >= 0.3 is 0 Å². The van der Waals surface area contributed by atoms with Crippen LogP contribution in [0.5, 0.6) is 11.5 Å². The fourth-order valence-electron chi connectivity index (χ4n) is 3.52. The summed E-state index contributed by atoms with van der Waals surface area (Å²) in [5.41, 5.74) is 8.36. The first-order valence-electron chi connectivity index (χ1n) is 10.6. The number of rotatable bonds is 9. The monoisotopic (exact) mass is 460 g/mol. The van der Waals surface area contributed by atoms with E-state index in [1.165, 1.54) is 13.0 Å². The molecule has 0 aliphatic heterocycles. The van der Waals surface area contributed by atoms with Crippen LogP contribution in [0.4, 0.5) is 0 Å². The van der Waals surface area contributed by atoms with Gasteiger partial charge in [0.2, 0.25) is 5.91 Å². The molecule has 0 saturated heterocycles. The van der Waals surface area contributed by atoms with Gasteiger partial charge in [-0.3, -0.25) is 4.79 Å². The molecule has 8 heteroatoms. The second kappa shape index (κ2) is 10.2. The molecule has 0 fully saturated rings. The Kier molecular flexibility index (Phi) is 8.09. The van der Waals surface area contributed by atoms with Gasteiger partial charge in [-0.25, -0.2) is 13.1 Å². The summed E-state index contributed by atoms with van der Waals surface area (Å²) in [6, 6.07) is 5.69. The van der Waals surface area contributed by atoms with Crippen LogP contribution in [0.25, 0.3) is 16.7 Å². The molecule has 32 heavy (non-hydrogen) atoms. The third kappa shape index (κ3) is 5.49. The van der Waals surface area contributed by atoms with E-state index in [2.05, 4.69) is 6.58 Å². The van der Waals surface area contributed by atoms with E-state index in [-0.39, 0.29) is 16.9 Å². The molecule has 0 aliphatic carbocycles. The second-order valence-electron chi connectivity index (χ2n) is 8.15. The Balaban J connectivity index is 2.83. The molecule has 0 spiro atoms. The van der Waals surface area contributed by atoms with Crippen LogP contribution in [-0.2, 0) is 21.2 Å². The summed E-state index contributed by atoms with van der Waals surface area (Å²) in [4.78, 5) is 11.6. The lowest BCUT2D eigenvalue weighted by molar-refractivity contribution is -0.120. The predicted molar refractivity (Wildman–Crippen MR) is 127 cm³/mol. The van der Waals surface area contributed by atoms with E-state index in [9.17, 15) is 23.4 Å². The highest BCUT2D eigenvalue weighted by molar-refractivity contribution is 7.90. The third-order valence-electron chi connectivity index (χ3n) is 5.18. The van der Waals surface area contributed by atoms with Crippen LogP contribution in [0.2, 0.25) is 0 Å². The normalized spacial score (nSPS) is 12.4. The smallest absolute Gasteiger partial charge is 0.268 e. The van der Waals surface area contributed by atoms with Gasteiger partial charge in [0.05, 0.1) is 11.6 Å². The first-order valence-corrected chi connectivity index (χ1v) is 12.1. The molecule has 7 nitrogen and oxygen atoms in total. The van der Waals surface area contributed by atoms with Crippen molar-refractivity contribution < 1.29 is 23.4 Å². The first-order chi connectivity index (χ1) is 14.9. The predicted octanol–water partition coefficient (Wildman–Crippen LogP) is 3.99. The van der Waals surface area contributed by atoms with Gasteiger partial charge in [0.1, 0.15) is 16.4 Å². The number of hydrogen-bond acceptors (Lipinski definition) is 6. The quantitative estimate of drug-likeness (QED) is 0.419. The molecule has 0 heterocycles. The number of nitrogens with two attached hydrogens (primary N) is 1. The van der Waals surface area contributed by atoms with E-state index in [4.69, 9.17) is 5.73 Å². The van der Waals surface area contributed by atoms with Crippen LogP contribution in [0.3, 0.4) is 0 Å². The first kappa shape index (κ1) is 25.4. The van der Waals surface area contributed by atoms with Crippen molar-refractivity contribution in [2.75, 3.05) is 0 Å². The van der Waals surface area contributed by atoms with E-state index in [0.29, 0.717) is 29.5 Å². The van der Waals surface area contributed by atoms with E-state index in [0.717, 1.165) is 18.4 Å². The van der Waals surface area contributed by atoms with Gasteiger partial charge in [0, 0.05) is 0 Å². The van der Waals surface area contributed by atoms with Gasteiger partial charge in [-0.1, -0.05) is 55.7 Å². The van der Waals surface area contributed by atoms with Crippen molar-refractivity contribution in [2.45, 2.75) is 64.3 Å². The number of unbranched alkanes of at least 4 members (excludes halogenated alkanes) is 2. The number of sulfonamides is 1. The minimum atomic E-state index is -4.46. The molecule has 0 saturated carbocycles. The summed E-state index contributed by atoms with van der Waals surface area (Å²) in [5, 5.41) is 22.0. The van der Waals surface area contributed by atoms with Crippen LogP contribution >= 0.6 is 0 Å². The van der Waals surface area contributed by atoms with E-state index >= 15 is 0 Å². The van der Waals surface area contributed by atoms with Crippen LogP contribution in [-0.4, -0.2) is 30.6 Å². The minimum absolute atomic E-state index is 0.0282. The Morgan fingerprint density at radius 1 is 1.22 bits per heavy atom. The van der Waals surface area contributed by atoms with Crippen molar-refractivity contribution in [1.29, 1.82) is 0 Å². The molecule has 1 amide bonds. The highest BCUT2D eigenvalue weighted by atomic mass is 32.2. The summed E-state index contributed by atoms with van der Waals surface area (Å²) in [6.07, 6.45) is 2.70. The van der Waals surface area contributed by atoms with Crippen LogP contribution in [0, 0.1) is 6.92 Å². The maximum Gasteiger partial charge on any atom is 0.268 e. The number of phenolic OH excluding ortho intramolecular Hbond substituents is 2. The molecule has 1 unspecified atom stereocenters. The largest absolute Gasteiger partial charge is 0.507 e. The molecule has 2 rings (SSSR count). The Morgan fingerprint density at radius 3 is 2.44 bits per heavy atom. The number of hydrogen-bond donors (Lipinski definition) is 4. The summed E-state index contributed by atoms with van der Waals surface area (Å²) in [5.74, 6) is -1.76. The lowest BCUT2D eigenvalue weighted by Gasteiger charge is -2.20. The average Bonchev–Trinajstić information content (AvgIpc) is 2.67. The summed E-state index contributed by atoms with van der Waals surface area (Å²) in [6.45, 7) is 10.9. The van der Waals surface area contributed by atoms with Crippen molar-refractivity contribution in [2.24, 2.45) is 5.73 Å². The number of carbonyl (C=O) groups is 1. The number of amides is 1. The Bertz CT molecular complexity index is 1140. The number of benzene rings is 2. The lowest BCUT2D eigenvalue weighted by atomic mass is 9.91. The second-order valence-corrected chi connectivity index (χ2v) is 9.77. The van der Waals surface area contributed by atoms with Crippen molar-refractivity contribution in [3.8, 4) is 22.6 Å². The zero-order valence-corrected chi connectivity index (χ0v) is 19.8. The van der Waals surface area contributed by atoms with Gasteiger partial charge in [-0.05, 0) is 56.4 Å². The van der Waals surface area contributed by atoms with Gasteiger partial charge in [0.15, 0.2) is 0 Å². The Labute approximate surface area is 190 Å². The molecule has 2 aromatic rings. The van der Waals surface area contributed by atoms with E-state index in [1.807, 2.05) is 24.6 Å². The van der Waals surface area contributed by atoms with Gasteiger partial charge in [-0.2, -0.15) is 0 Å². The minimum Gasteiger partial charge on any atom is -0.507 e. The number of aryl methyl sites for hydroxylation is 2. The zero-order chi connectivity index (χ0) is 24.2. The van der Waals surface area contributed by atoms with E-state index in [1.54, 1.807) is 19.1 Å². The van der Waals surface area contributed by atoms with Gasteiger partial charge < -0.3 is 15.9 Å². The average molecular weight is 461 g/mol. The van der Waals surface area contributed by atoms with Crippen LogP contribution in [0.15, 0.2) is 35.7 Å². The molecule has 0 radical (unpaired) electrons. The number of aromatic hydroxyl groups is 2. The fourth-order valence-corrected chi connectivity index (χ4v) is 4.94. The molecule has 174 valence electrons. The Morgan fingerprint density at radius 2 is 1.88 bits per heavy atom. The highest BCUT2D eigenvalue weighted by Crippen LogP contribution is 2.46. The van der Waals surface area contributed by atoms with E-state index < -0.39 is 32.6 Å². The summed E-state index contributed by atoms with van der Waals surface area (Å²) < 4.78 is 28.3.